The lowest BCUT2D eigenvalue weighted by atomic mass is 10.0. The molecular weight excluding hydrogens is 252 g/mol. The molecule has 0 aromatic carbocycles. The summed E-state index contributed by atoms with van der Waals surface area (Å²) in [6.07, 6.45) is 9.18. The molecule has 0 bridgehead atoms. The van der Waals surface area contributed by atoms with Gasteiger partial charge in [0.05, 0.1) is 0 Å². The van der Waals surface area contributed by atoms with Gasteiger partial charge in [-0.15, -0.1) is 0 Å². The molecule has 0 spiro atoms. The molecule has 2 atom stereocenters. The van der Waals surface area contributed by atoms with Gasteiger partial charge in [0.2, 0.25) is 11.8 Å². The van der Waals surface area contributed by atoms with Crippen molar-refractivity contribution in [3.05, 3.63) is 0 Å². The van der Waals surface area contributed by atoms with Gasteiger partial charge in [0.1, 0.15) is 6.04 Å². The van der Waals surface area contributed by atoms with Crippen LogP contribution in [0.25, 0.3) is 0 Å². The van der Waals surface area contributed by atoms with E-state index in [0.717, 1.165) is 38.6 Å². The zero-order valence-electron chi connectivity index (χ0n) is 13.1. The summed E-state index contributed by atoms with van der Waals surface area (Å²) in [6, 6.07) is -0.384. The van der Waals surface area contributed by atoms with Crippen molar-refractivity contribution in [3.63, 3.8) is 0 Å². The third-order valence-corrected chi connectivity index (χ3v) is 4.24. The number of carbonyl (C=O) groups is 2. The Morgan fingerprint density at radius 2 is 1.90 bits per heavy atom. The predicted octanol–water partition coefficient (Wildman–Crippen LogP) is 2.85. The summed E-state index contributed by atoms with van der Waals surface area (Å²) >= 11 is 0. The summed E-state index contributed by atoms with van der Waals surface area (Å²) in [6.45, 7) is 5.04. The van der Waals surface area contributed by atoms with E-state index in [1.165, 1.54) is 19.3 Å². The summed E-state index contributed by atoms with van der Waals surface area (Å²) in [4.78, 5) is 25.5. The Bertz CT molecular complexity index is 318. The second-order valence-corrected chi connectivity index (χ2v) is 6.03. The van der Waals surface area contributed by atoms with E-state index in [1.807, 2.05) is 0 Å². The lowest BCUT2D eigenvalue weighted by molar-refractivity contribution is -0.136. The summed E-state index contributed by atoms with van der Waals surface area (Å²) in [7, 11) is 0. The fraction of sp³-hybridized carbons (Fsp3) is 0.875. The van der Waals surface area contributed by atoms with E-state index in [2.05, 4.69) is 13.8 Å². The van der Waals surface area contributed by atoms with E-state index in [9.17, 15) is 9.59 Å². The van der Waals surface area contributed by atoms with Crippen LogP contribution in [-0.2, 0) is 9.59 Å². The molecule has 20 heavy (non-hydrogen) atoms. The normalized spacial score (nSPS) is 20.4. The number of unbranched alkanes of at least 4 members (excludes halogenated alkanes) is 4. The first kappa shape index (κ1) is 17.0. The molecule has 2 N–H and O–H groups in total. The van der Waals surface area contributed by atoms with Gasteiger partial charge in [-0.05, 0) is 18.8 Å². The lowest BCUT2D eigenvalue weighted by Crippen LogP contribution is -2.45. The monoisotopic (exact) mass is 282 g/mol. The van der Waals surface area contributed by atoms with Crippen LogP contribution in [0.3, 0.4) is 0 Å². The third-order valence-electron chi connectivity index (χ3n) is 4.24. The largest absolute Gasteiger partial charge is 0.368 e. The van der Waals surface area contributed by atoms with Crippen LogP contribution in [0, 0.1) is 5.92 Å². The van der Waals surface area contributed by atoms with Crippen LogP contribution in [0.2, 0.25) is 0 Å². The van der Waals surface area contributed by atoms with E-state index in [-0.39, 0.29) is 17.9 Å². The van der Waals surface area contributed by atoms with Crippen LogP contribution in [0.4, 0.5) is 0 Å². The van der Waals surface area contributed by atoms with Gasteiger partial charge in [0, 0.05) is 13.0 Å². The molecule has 4 heteroatoms. The number of nitrogens with zero attached hydrogens (tertiary/aromatic N) is 1. The summed E-state index contributed by atoms with van der Waals surface area (Å²) in [5.41, 5.74) is 5.50. The fourth-order valence-electron chi connectivity index (χ4n) is 3.03. The average Bonchev–Trinajstić information content (AvgIpc) is 2.76. The van der Waals surface area contributed by atoms with Crippen LogP contribution in [0.15, 0.2) is 0 Å². The highest BCUT2D eigenvalue weighted by molar-refractivity contribution is 5.87. The van der Waals surface area contributed by atoms with Crippen molar-refractivity contribution in [2.24, 2.45) is 11.7 Å². The molecule has 1 heterocycles. The first-order valence-electron chi connectivity index (χ1n) is 8.18. The molecule has 2 amide bonds. The third kappa shape index (κ3) is 5.14. The number of hydrogen-bond donors (Lipinski definition) is 1. The van der Waals surface area contributed by atoms with Gasteiger partial charge in [-0.3, -0.25) is 9.59 Å². The first-order chi connectivity index (χ1) is 9.60. The molecule has 2 unspecified atom stereocenters. The maximum atomic E-state index is 12.1. The van der Waals surface area contributed by atoms with Crippen molar-refractivity contribution in [2.75, 3.05) is 6.54 Å². The van der Waals surface area contributed by atoms with Crippen molar-refractivity contribution in [3.8, 4) is 0 Å². The molecule has 0 aromatic heterocycles. The molecule has 4 nitrogen and oxygen atoms in total. The molecule has 1 aliphatic rings. The van der Waals surface area contributed by atoms with Crippen molar-refractivity contribution < 1.29 is 9.59 Å². The average molecular weight is 282 g/mol. The number of primary amides is 1. The molecule has 0 aliphatic carbocycles. The van der Waals surface area contributed by atoms with E-state index >= 15 is 0 Å². The number of nitrogens with two attached hydrogens (primary N) is 1. The van der Waals surface area contributed by atoms with E-state index in [1.54, 1.807) is 4.90 Å². The van der Waals surface area contributed by atoms with Gasteiger partial charge in [-0.25, -0.2) is 0 Å². The molecule has 1 aliphatic heterocycles. The summed E-state index contributed by atoms with van der Waals surface area (Å²) in [5, 5.41) is 0. The number of rotatable bonds is 10. The highest BCUT2D eigenvalue weighted by Gasteiger charge is 2.35. The van der Waals surface area contributed by atoms with E-state index in [0.29, 0.717) is 12.3 Å². The van der Waals surface area contributed by atoms with Crippen LogP contribution in [0.5, 0.6) is 0 Å². The zero-order valence-corrected chi connectivity index (χ0v) is 13.1. The summed E-state index contributed by atoms with van der Waals surface area (Å²) < 4.78 is 0. The van der Waals surface area contributed by atoms with Gasteiger partial charge in [-0.1, -0.05) is 52.4 Å². The van der Waals surface area contributed by atoms with Gasteiger partial charge >= 0.3 is 0 Å². The maximum absolute atomic E-state index is 12.1. The molecule has 116 valence electrons. The van der Waals surface area contributed by atoms with Crippen molar-refractivity contribution >= 4 is 11.8 Å². The SMILES string of the molecule is CCCCCC1CC(=O)N(C(CCCCC)C(N)=O)C1. The molecule has 1 fully saturated rings. The minimum absolute atomic E-state index is 0.117. The minimum Gasteiger partial charge on any atom is -0.368 e. The Labute approximate surface area is 123 Å². The highest BCUT2D eigenvalue weighted by Crippen LogP contribution is 2.26. The second kappa shape index (κ2) is 8.98. The number of amides is 2. The van der Waals surface area contributed by atoms with Crippen LogP contribution in [-0.4, -0.2) is 29.3 Å². The lowest BCUT2D eigenvalue weighted by Gasteiger charge is -2.25. The number of hydrogen-bond acceptors (Lipinski definition) is 2. The van der Waals surface area contributed by atoms with Crippen LogP contribution in [0.1, 0.15) is 71.6 Å². The van der Waals surface area contributed by atoms with Crippen molar-refractivity contribution in [1.29, 1.82) is 0 Å². The smallest absolute Gasteiger partial charge is 0.240 e. The molecule has 1 saturated heterocycles. The molecule has 0 saturated carbocycles. The van der Waals surface area contributed by atoms with Gasteiger partial charge in [-0.2, -0.15) is 0 Å². The molecule has 1 rings (SSSR count). The Kier molecular flexibility index (Phi) is 7.63. The molecular formula is C16H30N2O2. The van der Waals surface area contributed by atoms with Crippen LogP contribution >= 0.6 is 0 Å². The van der Waals surface area contributed by atoms with Gasteiger partial charge < -0.3 is 10.6 Å². The Balaban J connectivity index is 2.49. The Hall–Kier alpha value is -1.06. The Morgan fingerprint density at radius 1 is 1.25 bits per heavy atom. The fourth-order valence-corrected chi connectivity index (χ4v) is 3.03. The van der Waals surface area contributed by atoms with Crippen LogP contribution < -0.4 is 5.73 Å². The Morgan fingerprint density at radius 3 is 2.50 bits per heavy atom. The zero-order chi connectivity index (χ0) is 15.0. The standard InChI is InChI=1S/C16H30N2O2/c1-3-5-7-9-13-11-15(19)18(12-13)14(16(17)20)10-8-6-4-2/h13-14H,3-12H2,1-2H3,(H2,17,20). The number of likely N-dealkylation sites (tertiary alicyclic amines) is 1. The maximum Gasteiger partial charge on any atom is 0.240 e. The predicted molar refractivity (Wildman–Crippen MR) is 81.1 cm³/mol. The van der Waals surface area contributed by atoms with E-state index < -0.39 is 0 Å². The second-order valence-electron chi connectivity index (χ2n) is 6.03. The van der Waals surface area contributed by atoms with Crippen molar-refractivity contribution in [1.82, 2.24) is 4.90 Å². The van der Waals surface area contributed by atoms with Gasteiger partial charge in [0.15, 0.2) is 0 Å². The quantitative estimate of drug-likeness (QED) is 0.626. The molecule has 0 radical (unpaired) electrons. The first-order valence-corrected chi connectivity index (χ1v) is 8.18. The van der Waals surface area contributed by atoms with Crippen molar-refractivity contribution in [2.45, 2.75) is 77.7 Å². The van der Waals surface area contributed by atoms with Gasteiger partial charge in [0.25, 0.3) is 0 Å². The minimum atomic E-state index is -0.384. The number of carbonyl (C=O) groups excluding carboxylic acids is 2. The summed E-state index contributed by atoms with van der Waals surface area (Å²) in [5.74, 6) is 0.192. The highest BCUT2D eigenvalue weighted by atomic mass is 16.2. The van der Waals surface area contributed by atoms with E-state index in [4.69, 9.17) is 5.73 Å². The topological polar surface area (TPSA) is 63.4 Å². The molecule has 0 aromatic rings.